The lowest BCUT2D eigenvalue weighted by Gasteiger charge is -2.21. The quantitative estimate of drug-likeness (QED) is 0.0222. The number of phosphoric acid groups is 2. The minimum atomic E-state index is -4.95. The highest BCUT2D eigenvalue weighted by Crippen LogP contribution is 2.45. The van der Waals surface area contributed by atoms with Crippen LogP contribution in [0.15, 0.2) is 0 Å². The molecule has 534 valence electrons. The van der Waals surface area contributed by atoms with Crippen molar-refractivity contribution in [1.29, 1.82) is 0 Å². The van der Waals surface area contributed by atoms with Gasteiger partial charge in [0.25, 0.3) is 0 Å². The minimum absolute atomic E-state index is 0.107. The summed E-state index contributed by atoms with van der Waals surface area (Å²) in [5.41, 5.74) is 0. The molecule has 5 atom stereocenters. The molecule has 0 fully saturated rings. The average Bonchev–Trinajstić information content (AvgIpc) is 2.87. The van der Waals surface area contributed by atoms with Gasteiger partial charge in [0.05, 0.1) is 26.4 Å². The first-order valence-electron chi connectivity index (χ1n) is 37.0. The maximum absolute atomic E-state index is 13.0. The number of unbranched alkanes of at least 4 members (excludes halogenated alkanes) is 40. The molecule has 0 radical (unpaired) electrons. The van der Waals surface area contributed by atoms with Crippen molar-refractivity contribution in [3.8, 4) is 0 Å². The van der Waals surface area contributed by atoms with Crippen LogP contribution in [0, 0.1) is 11.8 Å². The molecule has 0 aliphatic heterocycles. The van der Waals surface area contributed by atoms with E-state index >= 15 is 0 Å². The van der Waals surface area contributed by atoms with Crippen LogP contribution in [0.5, 0.6) is 0 Å². The Balaban J connectivity index is 5.24. The Morgan fingerprint density at radius 1 is 0.300 bits per heavy atom. The third kappa shape index (κ3) is 64.8. The van der Waals surface area contributed by atoms with Gasteiger partial charge in [0, 0.05) is 25.7 Å². The van der Waals surface area contributed by atoms with Gasteiger partial charge in [-0.1, -0.05) is 311 Å². The Hall–Kier alpha value is -1.94. The molecule has 0 spiro atoms. The second-order valence-corrected chi connectivity index (χ2v) is 29.5. The predicted molar refractivity (Wildman–Crippen MR) is 363 cm³/mol. The van der Waals surface area contributed by atoms with Crippen LogP contribution >= 0.6 is 15.6 Å². The standard InChI is InChI=1S/C71H138O17P2/c1-7-9-11-13-15-17-19-21-23-26-30-34-41-47-53-68(73)81-59-66(87-71(76)56-50-44-36-32-28-24-25-29-33-39-45-51-63(3)4)61-85-89(77,78)83-57-65(72)58-84-90(79,80)86-62-67(60-82-69(74)54-48-42-38-37-40-46-52-64(5)6)88-70(75)55-49-43-35-31-27-22-20-18-16-14-12-10-8-2/h63-67,72H,7-62H2,1-6H3,(H,77,78)(H,79,80)/t65-,66-,67-/m1/s1. The Morgan fingerprint density at radius 2 is 0.511 bits per heavy atom. The number of aliphatic hydroxyl groups excluding tert-OH is 1. The first kappa shape index (κ1) is 88.1. The second-order valence-electron chi connectivity index (χ2n) is 26.6. The molecular formula is C71H138O17P2. The third-order valence-electron chi connectivity index (χ3n) is 16.5. The van der Waals surface area contributed by atoms with Gasteiger partial charge in [0.15, 0.2) is 12.2 Å². The number of rotatable bonds is 70. The van der Waals surface area contributed by atoms with Crippen molar-refractivity contribution in [3.63, 3.8) is 0 Å². The summed E-state index contributed by atoms with van der Waals surface area (Å²) in [7, 11) is -9.90. The fourth-order valence-corrected chi connectivity index (χ4v) is 12.3. The van der Waals surface area contributed by atoms with E-state index in [4.69, 9.17) is 37.0 Å². The van der Waals surface area contributed by atoms with Gasteiger partial charge in [0.2, 0.25) is 0 Å². The van der Waals surface area contributed by atoms with Crippen LogP contribution in [0.25, 0.3) is 0 Å². The first-order chi connectivity index (χ1) is 43.4. The highest BCUT2D eigenvalue weighted by atomic mass is 31.2. The van der Waals surface area contributed by atoms with Crippen molar-refractivity contribution >= 4 is 39.5 Å². The van der Waals surface area contributed by atoms with Crippen LogP contribution in [-0.2, 0) is 65.4 Å². The molecule has 0 aliphatic rings. The van der Waals surface area contributed by atoms with E-state index in [0.29, 0.717) is 31.6 Å². The number of hydrogen-bond acceptors (Lipinski definition) is 15. The molecule has 0 heterocycles. The van der Waals surface area contributed by atoms with Crippen LogP contribution in [0.4, 0.5) is 0 Å². The molecule has 19 heteroatoms. The molecule has 0 saturated heterocycles. The van der Waals surface area contributed by atoms with E-state index in [9.17, 15) is 43.2 Å². The van der Waals surface area contributed by atoms with Crippen molar-refractivity contribution in [3.05, 3.63) is 0 Å². The van der Waals surface area contributed by atoms with Crippen molar-refractivity contribution in [2.75, 3.05) is 39.6 Å². The summed E-state index contributed by atoms with van der Waals surface area (Å²) in [5, 5.41) is 10.6. The number of carbonyl (C=O) groups excluding carboxylic acids is 4. The van der Waals surface area contributed by atoms with Gasteiger partial charge in [-0.2, -0.15) is 0 Å². The van der Waals surface area contributed by atoms with Crippen molar-refractivity contribution in [2.45, 2.75) is 381 Å². The van der Waals surface area contributed by atoms with E-state index in [1.807, 2.05) is 0 Å². The van der Waals surface area contributed by atoms with Gasteiger partial charge in [0.1, 0.15) is 19.3 Å². The van der Waals surface area contributed by atoms with Crippen molar-refractivity contribution in [1.82, 2.24) is 0 Å². The van der Waals surface area contributed by atoms with Crippen molar-refractivity contribution in [2.24, 2.45) is 11.8 Å². The SMILES string of the molecule is CCCCCCCCCCCCCCCCC(=O)OC[C@H](COP(=O)(O)OC[C@@H](O)COP(=O)(O)OC[C@@H](COC(=O)CCCCCCCCC(C)C)OC(=O)CCCCCCCCCCCCCCC)OC(=O)CCCCCCCCCCCCCC(C)C. The second kappa shape index (κ2) is 63.1. The van der Waals surface area contributed by atoms with Crippen LogP contribution in [0.2, 0.25) is 0 Å². The molecule has 0 aromatic heterocycles. The van der Waals surface area contributed by atoms with E-state index in [0.717, 1.165) is 102 Å². The van der Waals surface area contributed by atoms with E-state index in [1.54, 1.807) is 0 Å². The number of ether oxygens (including phenoxy) is 4. The van der Waals surface area contributed by atoms with Gasteiger partial charge in [-0.3, -0.25) is 37.3 Å². The lowest BCUT2D eigenvalue weighted by Crippen LogP contribution is -2.30. The predicted octanol–water partition coefficient (Wildman–Crippen LogP) is 20.4. The summed E-state index contributed by atoms with van der Waals surface area (Å²) in [6, 6.07) is 0. The lowest BCUT2D eigenvalue weighted by atomic mass is 10.0. The summed E-state index contributed by atoms with van der Waals surface area (Å²) >= 11 is 0. The van der Waals surface area contributed by atoms with E-state index in [-0.39, 0.29) is 25.7 Å². The normalized spacial score (nSPS) is 14.1. The lowest BCUT2D eigenvalue weighted by molar-refractivity contribution is -0.161. The fraction of sp³-hybridized carbons (Fsp3) is 0.944. The summed E-state index contributed by atoms with van der Waals surface area (Å²) < 4.78 is 68.3. The molecule has 90 heavy (non-hydrogen) atoms. The van der Waals surface area contributed by atoms with Crippen LogP contribution < -0.4 is 0 Å². The zero-order valence-electron chi connectivity index (χ0n) is 58.4. The molecule has 0 bridgehead atoms. The maximum atomic E-state index is 13.0. The molecule has 0 aliphatic carbocycles. The molecular weight excluding hydrogens is 1190 g/mol. The summed E-state index contributed by atoms with van der Waals surface area (Å²) in [6.07, 6.45) is 48.6. The molecule has 2 unspecified atom stereocenters. The van der Waals surface area contributed by atoms with E-state index < -0.39 is 97.5 Å². The molecule has 0 saturated carbocycles. The van der Waals surface area contributed by atoms with Crippen LogP contribution in [0.1, 0.15) is 363 Å². The van der Waals surface area contributed by atoms with Gasteiger partial charge in [-0.25, -0.2) is 9.13 Å². The topological polar surface area (TPSA) is 237 Å². The third-order valence-corrected chi connectivity index (χ3v) is 18.4. The Morgan fingerprint density at radius 3 is 0.756 bits per heavy atom. The zero-order chi connectivity index (χ0) is 66.5. The monoisotopic (exact) mass is 1320 g/mol. The van der Waals surface area contributed by atoms with Crippen LogP contribution in [-0.4, -0.2) is 96.7 Å². The Bertz CT molecular complexity index is 1750. The van der Waals surface area contributed by atoms with Crippen LogP contribution in [0.3, 0.4) is 0 Å². The smallest absolute Gasteiger partial charge is 0.462 e. The van der Waals surface area contributed by atoms with E-state index in [1.165, 1.54) is 173 Å². The first-order valence-corrected chi connectivity index (χ1v) is 40.0. The molecule has 0 rings (SSSR count). The summed E-state index contributed by atoms with van der Waals surface area (Å²) in [4.78, 5) is 72.6. The van der Waals surface area contributed by atoms with Gasteiger partial charge in [-0.15, -0.1) is 0 Å². The molecule has 3 N–H and O–H groups in total. The molecule has 0 aromatic carbocycles. The largest absolute Gasteiger partial charge is 0.472 e. The minimum Gasteiger partial charge on any atom is -0.462 e. The maximum Gasteiger partial charge on any atom is 0.472 e. The molecule has 0 aromatic rings. The van der Waals surface area contributed by atoms with Gasteiger partial charge in [-0.05, 0) is 37.5 Å². The zero-order valence-corrected chi connectivity index (χ0v) is 60.2. The number of phosphoric ester groups is 2. The number of aliphatic hydroxyl groups is 1. The highest BCUT2D eigenvalue weighted by molar-refractivity contribution is 7.47. The number of carbonyl (C=O) groups is 4. The summed E-state index contributed by atoms with van der Waals surface area (Å²) in [6.45, 7) is 9.48. The number of hydrogen-bond donors (Lipinski definition) is 3. The Kier molecular flexibility index (Phi) is 61.8. The fourth-order valence-electron chi connectivity index (χ4n) is 10.8. The van der Waals surface area contributed by atoms with E-state index in [2.05, 4.69) is 41.5 Å². The highest BCUT2D eigenvalue weighted by Gasteiger charge is 2.30. The molecule has 17 nitrogen and oxygen atoms in total. The number of esters is 4. The summed E-state index contributed by atoms with van der Waals surface area (Å²) in [5.74, 6) is -0.677. The Labute approximate surface area is 549 Å². The average molecular weight is 1330 g/mol. The van der Waals surface area contributed by atoms with Gasteiger partial charge >= 0.3 is 39.5 Å². The molecule has 0 amide bonds. The van der Waals surface area contributed by atoms with Gasteiger partial charge < -0.3 is 33.8 Å². The van der Waals surface area contributed by atoms with Crippen molar-refractivity contribution < 1.29 is 80.2 Å².